The monoisotopic (exact) mass is 360 g/mol. The number of morpholine rings is 1. The van der Waals surface area contributed by atoms with E-state index < -0.39 is 0 Å². The van der Waals surface area contributed by atoms with Crippen molar-refractivity contribution in [1.29, 1.82) is 0 Å². The topological polar surface area (TPSA) is 62.8 Å². The number of ether oxygens (including phenoxy) is 1. The van der Waals surface area contributed by atoms with Crippen molar-refractivity contribution in [3.8, 4) is 22.8 Å². The minimum absolute atomic E-state index is 0. The highest BCUT2D eigenvalue weighted by atomic mass is 35.5. The number of benzene rings is 2. The molecule has 1 saturated heterocycles. The first-order valence-corrected chi connectivity index (χ1v) is 7.90. The van der Waals surface area contributed by atoms with Crippen LogP contribution in [0.2, 0.25) is 0 Å². The Bertz CT molecular complexity index is 814. The van der Waals surface area contributed by atoms with Gasteiger partial charge in [-0.05, 0) is 29.8 Å². The third-order valence-corrected chi connectivity index (χ3v) is 4.07. The quantitative estimate of drug-likeness (QED) is 0.751. The van der Waals surface area contributed by atoms with Crippen molar-refractivity contribution in [3.63, 3.8) is 0 Å². The van der Waals surface area contributed by atoms with Gasteiger partial charge in [-0.1, -0.05) is 24.3 Å². The van der Waals surface area contributed by atoms with Crippen LogP contribution < -0.4 is 5.32 Å². The molecule has 0 bridgehead atoms. The summed E-state index contributed by atoms with van der Waals surface area (Å²) in [6, 6.07) is 14.2. The highest BCUT2D eigenvalue weighted by Gasteiger charge is 2.16. The number of rotatable bonds is 3. The molecule has 130 valence electrons. The van der Waals surface area contributed by atoms with Crippen LogP contribution in [0.15, 0.2) is 48.5 Å². The lowest BCUT2D eigenvalue weighted by Crippen LogP contribution is -2.33. The van der Waals surface area contributed by atoms with Crippen LogP contribution in [0.1, 0.15) is 11.7 Å². The summed E-state index contributed by atoms with van der Waals surface area (Å²) < 4.78 is 18.8. The summed E-state index contributed by atoms with van der Waals surface area (Å²) in [5, 5.41) is 10.5. The molecular weight excluding hydrogens is 343 g/mol. The van der Waals surface area contributed by atoms with Gasteiger partial charge < -0.3 is 10.1 Å². The Morgan fingerprint density at radius 1 is 1.00 bits per heavy atom. The Balaban J connectivity index is 0.00000182. The standard InChI is InChI=1S/C18H17FN4O.ClH/c19-15-7-5-14(6-8-15)18-21-17(22-23-18)13-3-1-12(2-4-13)16-11-20-9-10-24-16;/h1-8,16,20H,9-11H2,(H,21,22,23);1H/t16-;/m0./s1. The van der Waals surface area contributed by atoms with Crippen molar-refractivity contribution < 1.29 is 9.13 Å². The lowest BCUT2D eigenvalue weighted by molar-refractivity contribution is 0.0277. The molecule has 0 unspecified atom stereocenters. The van der Waals surface area contributed by atoms with Gasteiger partial charge in [0.25, 0.3) is 0 Å². The minimum atomic E-state index is -0.274. The Hall–Kier alpha value is -2.28. The molecule has 4 rings (SSSR count). The number of nitrogens with one attached hydrogen (secondary N) is 2. The Labute approximate surface area is 151 Å². The predicted molar refractivity (Wildman–Crippen MR) is 96.0 cm³/mol. The first-order chi connectivity index (χ1) is 11.8. The molecular formula is C18H18ClFN4O. The fourth-order valence-corrected chi connectivity index (χ4v) is 2.75. The van der Waals surface area contributed by atoms with E-state index >= 15 is 0 Å². The predicted octanol–water partition coefficient (Wildman–Crippen LogP) is 3.36. The van der Waals surface area contributed by atoms with Gasteiger partial charge in [0.2, 0.25) is 0 Å². The van der Waals surface area contributed by atoms with Crippen LogP contribution in [0.4, 0.5) is 4.39 Å². The second-order valence-corrected chi connectivity index (χ2v) is 5.70. The Morgan fingerprint density at radius 3 is 2.40 bits per heavy atom. The van der Waals surface area contributed by atoms with Gasteiger partial charge in [-0.25, -0.2) is 9.37 Å². The molecule has 0 saturated carbocycles. The number of halogens is 2. The highest BCUT2D eigenvalue weighted by molar-refractivity contribution is 5.85. The molecule has 1 aliphatic rings. The molecule has 2 heterocycles. The van der Waals surface area contributed by atoms with Gasteiger partial charge in [0, 0.05) is 24.2 Å². The third kappa shape index (κ3) is 3.87. The van der Waals surface area contributed by atoms with E-state index in [4.69, 9.17) is 4.74 Å². The second kappa shape index (κ2) is 7.74. The largest absolute Gasteiger partial charge is 0.371 e. The molecule has 25 heavy (non-hydrogen) atoms. The molecule has 2 aromatic carbocycles. The fourth-order valence-electron chi connectivity index (χ4n) is 2.75. The molecule has 2 N–H and O–H groups in total. The zero-order valence-corrected chi connectivity index (χ0v) is 14.2. The summed E-state index contributed by atoms with van der Waals surface area (Å²) in [6.45, 7) is 2.46. The van der Waals surface area contributed by atoms with Crippen LogP contribution >= 0.6 is 12.4 Å². The van der Waals surface area contributed by atoms with Crippen molar-refractivity contribution in [3.05, 3.63) is 59.9 Å². The van der Waals surface area contributed by atoms with E-state index in [0.29, 0.717) is 11.6 Å². The maximum Gasteiger partial charge on any atom is 0.181 e. The SMILES string of the molecule is Cl.Fc1ccc(-c2n[nH]c(-c3ccc([C@@H]4CNCCO4)cc3)n2)cc1. The van der Waals surface area contributed by atoms with Gasteiger partial charge in [-0.15, -0.1) is 12.4 Å². The van der Waals surface area contributed by atoms with Crippen LogP contribution in [0.5, 0.6) is 0 Å². The van der Waals surface area contributed by atoms with Crippen molar-refractivity contribution in [2.75, 3.05) is 19.7 Å². The molecule has 0 radical (unpaired) electrons. The lowest BCUT2D eigenvalue weighted by atomic mass is 10.1. The zero-order chi connectivity index (χ0) is 16.4. The van der Waals surface area contributed by atoms with Gasteiger partial charge in [0.1, 0.15) is 5.82 Å². The van der Waals surface area contributed by atoms with Crippen LogP contribution in [0.25, 0.3) is 22.8 Å². The van der Waals surface area contributed by atoms with E-state index in [0.717, 1.165) is 36.4 Å². The third-order valence-electron chi connectivity index (χ3n) is 4.07. The maximum atomic E-state index is 13.0. The number of hydrogen-bond donors (Lipinski definition) is 2. The molecule has 1 aromatic heterocycles. The number of aromatic nitrogens is 3. The van der Waals surface area contributed by atoms with Gasteiger partial charge in [0.15, 0.2) is 11.6 Å². The Kier molecular flexibility index (Phi) is 5.43. The van der Waals surface area contributed by atoms with E-state index in [9.17, 15) is 4.39 Å². The average molecular weight is 361 g/mol. The van der Waals surface area contributed by atoms with Crippen molar-refractivity contribution >= 4 is 12.4 Å². The molecule has 0 aliphatic carbocycles. The molecule has 1 aliphatic heterocycles. The van der Waals surface area contributed by atoms with Crippen molar-refractivity contribution in [1.82, 2.24) is 20.5 Å². The van der Waals surface area contributed by atoms with Gasteiger partial charge in [-0.3, -0.25) is 5.10 Å². The molecule has 5 nitrogen and oxygen atoms in total. The molecule has 3 aromatic rings. The maximum absolute atomic E-state index is 13.0. The van der Waals surface area contributed by atoms with E-state index in [2.05, 4.69) is 20.5 Å². The number of aromatic amines is 1. The summed E-state index contributed by atoms with van der Waals surface area (Å²) >= 11 is 0. The smallest absolute Gasteiger partial charge is 0.181 e. The number of H-pyrrole nitrogens is 1. The summed E-state index contributed by atoms with van der Waals surface area (Å²) in [4.78, 5) is 4.49. The van der Waals surface area contributed by atoms with Gasteiger partial charge >= 0.3 is 0 Å². The van der Waals surface area contributed by atoms with Crippen molar-refractivity contribution in [2.24, 2.45) is 0 Å². The Morgan fingerprint density at radius 2 is 1.72 bits per heavy atom. The van der Waals surface area contributed by atoms with Crippen molar-refractivity contribution in [2.45, 2.75) is 6.10 Å². The van der Waals surface area contributed by atoms with Gasteiger partial charge in [-0.2, -0.15) is 5.10 Å². The first kappa shape index (κ1) is 17.5. The normalized spacial score (nSPS) is 17.1. The van der Waals surface area contributed by atoms with Crippen LogP contribution in [0, 0.1) is 5.82 Å². The van der Waals surface area contributed by atoms with E-state index in [1.54, 1.807) is 12.1 Å². The van der Waals surface area contributed by atoms with Crippen LogP contribution in [-0.4, -0.2) is 34.9 Å². The van der Waals surface area contributed by atoms with Crippen LogP contribution in [0.3, 0.4) is 0 Å². The van der Waals surface area contributed by atoms with E-state index in [1.165, 1.54) is 12.1 Å². The summed E-state index contributed by atoms with van der Waals surface area (Å²) in [5.74, 6) is 0.960. The lowest BCUT2D eigenvalue weighted by Gasteiger charge is -2.23. The fraction of sp³-hybridized carbons (Fsp3) is 0.222. The second-order valence-electron chi connectivity index (χ2n) is 5.70. The molecule has 1 fully saturated rings. The molecule has 7 heteroatoms. The van der Waals surface area contributed by atoms with E-state index in [1.807, 2.05) is 24.3 Å². The number of hydrogen-bond acceptors (Lipinski definition) is 4. The first-order valence-electron chi connectivity index (χ1n) is 7.90. The van der Waals surface area contributed by atoms with Gasteiger partial charge in [0.05, 0.1) is 12.7 Å². The summed E-state index contributed by atoms with van der Waals surface area (Å²) in [5.41, 5.74) is 2.87. The summed E-state index contributed by atoms with van der Waals surface area (Å²) in [7, 11) is 0. The molecule has 0 spiro atoms. The van der Waals surface area contributed by atoms with E-state index in [-0.39, 0.29) is 24.3 Å². The average Bonchev–Trinajstić information content (AvgIpc) is 3.13. The highest BCUT2D eigenvalue weighted by Crippen LogP contribution is 2.24. The molecule has 0 amide bonds. The summed E-state index contributed by atoms with van der Waals surface area (Å²) in [6.07, 6.45) is 0.0947. The molecule has 1 atom stereocenters. The van der Waals surface area contributed by atoms with Crippen LogP contribution in [-0.2, 0) is 4.74 Å². The minimum Gasteiger partial charge on any atom is -0.371 e. The number of nitrogens with zero attached hydrogens (tertiary/aromatic N) is 2. The zero-order valence-electron chi connectivity index (χ0n) is 13.4.